The maximum atomic E-state index is 12.6. The van der Waals surface area contributed by atoms with Crippen LogP contribution in [0.3, 0.4) is 0 Å². The fourth-order valence-electron chi connectivity index (χ4n) is 4.05. The van der Waals surface area contributed by atoms with E-state index in [0.29, 0.717) is 17.8 Å². The zero-order chi connectivity index (χ0) is 17.0. The van der Waals surface area contributed by atoms with Crippen molar-refractivity contribution in [1.29, 1.82) is 0 Å². The van der Waals surface area contributed by atoms with E-state index in [1.54, 1.807) is 12.1 Å². The molecular weight excluding hydrogens is 300 g/mol. The zero-order valence-electron chi connectivity index (χ0n) is 14.8. The molecule has 2 aliphatic rings. The van der Waals surface area contributed by atoms with Gasteiger partial charge in [-0.1, -0.05) is 18.6 Å². The number of anilines is 1. The van der Waals surface area contributed by atoms with Gasteiger partial charge >= 0.3 is 0 Å². The summed E-state index contributed by atoms with van der Waals surface area (Å²) < 4.78 is 0. The molecule has 5 nitrogen and oxygen atoms in total. The highest BCUT2D eigenvalue weighted by Gasteiger charge is 2.39. The molecule has 5 heteroatoms. The lowest BCUT2D eigenvalue weighted by atomic mass is 9.84. The highest BCUT2D eigenvalue weighted by Crippen LogP contribution is 2.31. The summed E-state index contributed by atoms with van der Waals surface area (Å²) in [6, 6.07) is 7.30. The smallest absolute Gasteiger partial charge is 0.253 e. The molecule has 0 aliphatic carbocycles. The van der Waals surface area contributed by atoms with Crippen molar-refractivity contribution in [3.63, 3.8) is 0 Å². The molecule has 24 heavy (non-hydrogen) atoms. The maximum absolute atomic E-state index is 12.6. The van der Waals surface area contributed by atoms with E-state index in [4.69, 9.17) is 5.73 Å². The zero-order valence-corrected chi connectivity index (χ0v) is 14.8. The molecule has 2 aliphatic heterocycles. The number of rotatable bonds is 4. The Morgan fingerprint density at radius 1 is 1.12 bits per heavy atom. The number of piperidine rings is 2. The number of nitrogens with zero attached hydrogens (tertiary/aromatic N) is 2. The Morgan fingerprint density at radius 2 is 1.79 bits per heavy atom. The van der Waals surface area contributed by atoms with E-state index in [-0.39, 0.29) is 11.4 Å². The Morgan fingerprint density at radius 3 is 2.46 bits per heavy atom. The molecule has 1 aromatic carbocycles. The van der Waals surface area contributed by atoms with Crippen molar-refractivity contribution in [2.24, 2.45) is 0 Å². The van der Waals surface area contributed by atoms with E-state index in [2.05, 4.69) is 22.2 Å². The van der Waals surface area contributed by atoms with Crippen LogP contribution in [0.4, 0.5) is 5.69 Å². The minimum Gasteiger partial charge on any atom is -0.398 e. The lowest BCUT2D eigenvalue weighted by Crippen LogP contribution is -2.61. The van der Waals surface area contributed by atoms with Gasteiger partial charge in [0.15, 0.2) is 0 Å². The van der Waals surface area contributed by atoms with Gasteiger partial charge in [-0.05, 0) is 71.0 Å². The topological polar surface area (TPSA) is 61.6 Å². The van der Waals surface area contributed by atoms with Crippen molar-refractivity contribution in [3.05, 3.63) is 29.8 Å². The monoisotopic (exact) mass is 330 g/mol. The van der Waals surface area contributed by atoms with Crippen molar-refractivity contribution in [3.8, 4) is 0 Å². The van der Waals surface area contributed by atoms with Crippen LogP contribution in [0.1, 0.15) is 42.5 Å². The minimum atomic E-state index is -0.0524. The number of carbonyl (C=O) groups is 1. The van der Waals surface area contributed by atoms with Gasteiger partial charge in [0.2, 0.25) is 0 Å². The molecule has 3 N–H and O–H groups in total. The Kier molecular flexibility index (Phi) is 5.41. The maximum Gasteiger partial charge on any atom is 0.253 e. The lowest BCUT2D eigenvalue weighted by Gasteiger charge is -2.50. The highest BCUT2D eigenvalue weighted by atomic mass is 16.1. The largest absolute Gasteiger partial charge is 0.398 e. The summed E-state index contributed by atoms with van der Waals surface area (Å²) in [5.74, 6) is -0.0524. The molecule has 2 saturated heterocycles. The molecule has 1 aromatic rings. The van der Waals surface area contributed by atoms with E-state index in [1.165, 1.54) is 19.3 Å². The number of nitrogen functional groups attached to an aromatic ring is 1. The summed E-state index contributed by atoms with van der Waals surface area (Å²) in [4.78, 5) is 17.6. The van der Waals surface area contributed by atoms with Crippen LogP contribution in [0.5, 0.6) is 0 Å². The molecule has 0 spiro atoms. The van der Waals surface area contributed by atoms with Crippen molar-refractivity contribution in [2.45, 2.75) is 37.6 Å². The molecule has 3 rings (SSSR count). The van der Waals surface area contributed by atoms with E-state index < -0.39 is 0 Å². The van der Waals surface area contributed by atoms with E-state index in [0.717, 1.165) is 39.0 Å². The van der Waals surface area contributed by atoms with Gasteiger partial charge in [-0.25, -0.2) is 0 Å². The summed E-state index contributed by atoms with van der Waals surface area (Å²) in [6.07, 6.45) is 6.12. The second-order valence-corrected chi connectivity index (χ2v) is 7.35. The first-order valence-corrected chi connectivity index (χ1v) is 9.17. The fourth-order valence-corrected chi connectivity index (χ4v) is 4.05. The van der Waals surface area contributed by atoms with Gasteiger partial charge in [-0.2, -0.15) is 0 Å². The number of benzene rings is 1. The summed E-state index contributed by atoms with van der Waals surface area (Å²) in [6.45, 7) is 5.23. The predicted molar refractivity (Wildman–Crippen MR) is 98.1 cm³/mol. The lowest BCUT2D eigenvalue weighted by molar-refractivity contribution is 0.0145. The number of hydrogen-bond donors (Lipinski definition) is 2. The van der Waals surface area contributed by atoms with Gasteiger partial charge in [0.1, 0.15) is 0 Å². The Labute approximate surface area is 145 Å². The van der Waals surface area contributed by atoms with Crippen LogP contribution in [0.15, 0.2) is 24.3 Å². The van der Waals surface area contributed by atoms with Crippen molar-refractivity contribution in [1.82, 2.24) is 15.1 Å². The molecular formula is C19H30N4O. The van der Waals surface area contributed by atoms with Crippen LogP contribution in [-0.4, -0.2) is 61.0 Å². The first-order chi connectivity index (χ1) is 11.6. The number of amides is 1. The Balaban J connectivity index is 1.70. The van der Waals surface area contributed by atoms with E-state index in [9.17, 15) is 4.79 Å². The second-order valence-electron chi connectivity index (χ2n) is 7.35. The molecule has 0 unspecified atom stereocenters. The molecule has 0 atom stereocenters. The third kappa shape index (κ3) is 3.73. The summed E-state index contributed by atoms with van der Waals surface area (Å²) in [5.41, 5.74) is 7.18. The summed E-state index contributed by atoms with van der Waals surface area (Å²) in [7, 11) is 2.18. The molecule has 0 aromatic heterocycles. The number of likely N-dealkylation sites (tertiary alicyclic amines) is 2. The van der Waals surface area contributed by atoms with Gasteiger partial charge in [0.25, 0.3) is 5.91 Å². The predicted octanol–water partition coefficient (Wildman–Crippen LogP) is 1.95. The Hall–Kier alpha value is -1.59. The third-order valence-electron chi connectivity index (χ3n) is 5.73. The Bertz CT molecular complexity index is 560. The van der Waals surface area contributed by atoms with Gasteiger partial charge in [-0.3, -0.25) is 9.69 Å². The van der Waals surface area contributed by atoms with E-state index >= 15 is 0 Å². The summed E-state index contributed by atoms with van der Waals surface area (Å²) in [5, 5.41) is 3.18. The van der Waals surface area contributed by atoms with Gasteiger partial charge in [-0.15, -0.1) is 0 Å². The quantitative estimate of drug-likeness (QED) is 0.829. The standard InChI is InChI=1S/C19H30N4O/c1-22-13-9-19(10-14-22,23-11-5-2-6-12-23)15-21-18(24)16-7-3-4-8-17(16)20/h3-4,7-8H,2,5-6,9-15,20H2,1H3,(H,21,24). The molecule has 2 fully saturated rings. The first kappa shape index (κ1) is 17.2. The average Bonchev–Trinajstić information content (AvgIpc) is 2.62. The van der Waals surface area contributed by atoms with Crippen LogP contribution in [0, 0.1) is 0 Å². The van der Waals surface area contributed by atoms with Gasteiger partial charge < -0.3 is 16.0 Å². The molecule has 0 radical (unpaired) electrons. The van der Waals surface area contributed by atoms with Crippen LogP contribution in [0.25, 0.3) is 0 Å². The second kappa shape index (κ2) is 7.53. The fraction of sp³-hybridized carbons (Fsp3) is 0.632. The SMILES string of the molecule is CN1CCC(CNC(=O)c2ccccc2N)(N2CCCCC2)CC1. The normalized spacial score (nSPS) is 22.2. The number of nitrogens with two attached hydrogens (primary N) is 1. The summed E-state index contributed by atoms with van der Waals surface area (Å²) >= 11 is 0. The molecule has 0 saturated carbocycles. The number of hydrogen-bond acceptors (Lipinski definition) is 4. The molecule has 132 valence electrons. The van der Waals surface area contributed by atoms with Gasteiger partial charge in [0.05, 0.1) is 5.56 Å². The van der Waals surface area contributed by atoms with Crippen LogP contribution in [0.2, 0.25) is 0 Å². The van der Waals surface area contributed by atoms with Crippen LogP contribution >= 0.6 is 0 Å². The molecule has 1 amide bonds. The minimum absolute atomic E-state index is 0.0524. The van der Waals surface area contributed by atoms with Crippen molar-refractivity contribution < 1.29 is 4.79 Å². The van der Waals surface area contributed by atoms with E-state index in [1.807, 2.05) is 12.1 Å². The van der Waals surface area contributed by atoms with Crippen molar-refractivity contribution in [2.75, 3.05) is 45.5 Å². The van der Waals surface area contributed by atoms with Gasteiger partial charge in [0, 0.05) is 17.8 Å². The van der Waals surface area contributed by atoms with Crippen LogP contribution < -0.4 is 11.1 Å². The first-order valence-electron chi connectivity index (χ1n) is 9.17. The molecule has 2 heterocycles. The highest BCUT2D eigenvalue weighted by molar-refractivity contribution is 5.99. The third-order valence-corrected chi connectivity index (χ3v) is 5.73. The number of para-hydroxylation sites is 1. The van der Waals surface area contributed by atoms with Crippen molar-refractivity contribution >= 4 is 11.6 Å². The van der Waals surface area contributed by atoms with Crippen LogP contribution in [-0.2, 0) is 0 Å². The average molecular weight is 330 g/mol. The molecule has 0 bridgehead atoms. The number of nitrogens with one attached hydrogen (secondary N) is 1. The number of carbonyl (C=O) groups excluding carboxylic acids is 1.